The van der Waals surface area contributed by atoms with Gasteiger partial charge in [-0.15, -0.1) is 0 Å². The molecule has 0 aliphatic heterocycles. The number of carbonyl (C=O) groups excluding carboxylic acids is 2. The number of hydrogen-bond donors (Lipinski definition) is 3. The second-order valence-corrected chi connectivity index (χ2v) is 8.69. The van der Waals surface area contributed by atoms with Crippen molar-refractivity contribution in [1.82, 2.24) is 4.90 Å². The third kappa shape index (κ3) is 17.7. The molecule has 0 saturated heterocycles. The minimum Gasteiger partial charge on any atom is -0.391 e. The fourth-order valence-electron chi connectivity index (χ4n) is 3.68. The third-order valence-electron chi connectivity index (χ3n) is 5.58. The maximum absolute atomic E-state index is 12.5. The van der Waals surface area contributed by atoms with E-state index >= 15 is 0 Å². The molecule has 2 amide bonds. The molecule has 0 aromatic rings. The number of primary amides is 1. The molecule has 0 aliphatic carbocycles. The Morgan fingerprint density at radius 2 is 1.10 bits per heavy atom. The molecule has 0 radical (unpaired) electrons. The fraction of sp³-hybridized carbons (Fsp3) is 0.917. The number of amides is 2. The van der Waals surface area contributed by atoms with Gasteiger partial charge in [0, 0.05) is 25.9 Å². The molecule has 4 N–H and O–H groups in total. The predicted octanol–water partition coefficient (Wildman–Crippen LogP) is 4.30. The van der Waals surface area contributed by atoms with Gasteiger partial charge in [-0.2, -0.15) is 0 Å². The molecule has 0 rings (SSSR count). The number of unbranched alkanes of at least 4 members (excludes halogenated alkanes) is 10. The summed E-state index contributed by atoms with van der Waals surface area (Å²) in [4.78, 5) is 25.1. The largest absolute Gasteiger partial charge is 0.391 e. The second-order valence-electron chi connectivity index (χ2n) is 8.69. The van der Waals surface area contributed by atoms with E-state index in [4.69, 9.17) is 5.73 Å². The molecule has 2 unspecified atom stereocenters. The van der Waals surface area contributed by atoms with Gasteiger partial charge in [0.15, 0.2) is 0 Å². The Bertz CT molecular complexity index is 407. The highest BCUT2D eigenvalue weighted by atomic mass is 16.3. The van der Waals surface area contributed by atoms with Crippen molar-refractivity contribution < 1.29 is 19.8 Å². The number of carbonyl (C=O) groups is 2. The van der Waals surface area contributed by atoms with Crippen molar-refractivity contribution in [1.29, 1.82) is 0 Å². The lowest BCUT2D eigenvalue weighted by atomic mass is 10.1. The number of aliphatic hydroxyl groups excluding tert-OH is 2. The van der Waals surface area contributed by atoms with Gasteiger partial charge in [-0.25, -0.2) is 0 Å². The molecule has 0 aromatic heterocycles. The summed E-state index contributed by atoms with van der Waals surface area (Å²) in [5, 5.41) is 20.8. The van der Waals surface area contributed by atoms with Crippen LogP contribution in [0.15, 0.2) is 0 Å². The Labute approximate surface area is 184 Å². The van der Waals surface area contributed by atoms with Crippen LogP contribution in [-0.4, -0.2) is 52.2 Å². The first kappa shape index (κ1) is 28.9. The van der Waals surface area contributed by atoms with Gasteiger partial charge in [-0.3, -0.25) is 9.59 Å². The summed E-state index contributed by atoms with van der Waals surface area (Å²) in [5.74, 6) is -0.735. The van der Waals surface area contributed by atoms with Gasteiger partial charge in [-0.05, 0) is 12.8 Å². The first-order valence-electron chi connectivity index (χ1n) is 12.3. The average molecular weight is 429 g/mol. The standard InChI is InChI=1S/C24H48N2O4/c1-3-5-7-9-11-13-15-21(27)19-26(24(30)18-17-23(25)29)20-22(28)16-14-12-10-8-6-4-2/h21-22,27-28H,3-20H2,1-2H3,(H2,25,29). The van der Waals surface area contributed by atoms with Crippen LogP contribution >= 0.6 is 0 Å². The zero-order valence-corrected chi connectivity index (χ0v) is 19.6. The molecule has 6 nitrogen and oxygen atoms in total. The summed E-state index contributed by atoms with van der Waals surface area (Å²) in [6.07, 6.45) is 13.9. The van der Waals surface area contributed by atoms with Gasteiger partial charge in [0.05, 0.1) is 12.2 Å². The van der Waals surface area contributed by atoms with E-state index in [1.165, 1.54) is 56.3 Å². The van der Waals surface area contributed by atoms with Crippen molar-refractivity contribution in [2.75, 3.05) is 13.1 Å². The van der Waals surface area contributed by atoms with E-state index in [1.807, 2.05) is 0 Å². The second kappa shape index (κ2) is 19.8. The maximum atomic E-state index is 12.5. The fourth-order valence-corrected chi connectivity index (χ4v) is 3.68. The van der Waals surface area contributed by atoms with Crippen LogP contribution in [0.4, 0.5) is 0 Å². The normalized spacial score (nSPS) is 13.2. The van der Waals surface area contributed by atoms with E-state index < -0.39 is 18.1 Å². The minimum atomic E-state index is -0.602. The summed E-state index contributed by atoms with van der Waals surface area (Å²) in [6, 6.07) is 0. The Hall–Kier alpha value is -1.14. The Morgan fingerprint density at radius 1 is 0.700 bits per heavy atom. The number of hydrogen-bond acceptors (Lipinski definition) is 4. The first-order valence-corrected chi connectivity index (χ1v) is 12.3. The van der Waals surface area contributed by atoms with Crippen molar-refractivity contribution in [2.45, 2.75) is 129 Å². The smallest absolute Gasteiger partial charge is 0.223 e. The average Bonchev–Trinajstić information content (AvgIpc) is 2.70. The molecule has 2 atom stereocenters. The van der Waals surface area contributed by atoms with Crippen molar-refractivity contribution in [3.05, 3.63) is 0 Å². The summed E-state index contributed by atoms with van der Waals surface area (Å²) >= 11 is 0. The molecule has 0 aliphatic rings. The van der Waals surface area contributed by atoms with Crippen molar-refractivity contribution in [3.8, 4) is 0 Å². The molecule has 0 spiro atoms. The van der Waals surface area contributed by atoms with Crippen LogP contribution in [0, 0.1) is 0 Å². The Kier molecular flexibility index (Phi) is 19.0. The predicted molar refractivity (Wildman–Crippen MR) is 123 cm³/mol. The molecule has 30 heavy (non-hydrogen) atoms. The monoisotopic (exact) mass is 428 g/mol. The lowest BCUT2D eigenvalue weighted by molar-refractivity contribution is -0.135. The van der Waals surface area contributed by atoms with Gasteiger partial charge in [0.2, 0.25) is 11.8 Å². The van der Waals surface area contributed by atoms with Gasteiger partial charge in [-0.1, -0.05) is 90.9 Å². The SMILES string of the molecule is CCCCCCCCC(O)CN(CC(O)CCCCCCCC)C(=O)CCC(N)=O. The summed E-state index contributed by atoms with van der Waals surface area (Å²) < 4.78 is 0. The number of aliphatic hydroxyl groups is 2. The molecule has 0 heterocycles. The number of nitrogens with two attached hydrogens (primary N) is 1. The van der Waals surface area contributed by atoms with Gasteiger partial charge in [0.25, 0.3) is 0 Å². The molecule has 0 bridgehead atoms. The summed E-state index contributed by atoms with van der Waals surface area (Å²) in [7, 11) is 0. The van der Waals surface area contributed by atoms with E-state index in [9.17, 15) is 19.8 Å². The highest BCUT2D eigenvalue weighted by molar-refractivity contribution is 5.82. The molecule has 0 fully saturated rings. The number of nitrogens with zero attached hydrogens (tertiary/aromatic N) is 1. The highest BCUT2D eigenvalue weighted by Gasteiger charge is 2.21. The lowest BCUT2D eigenvalue weighted by Gasteiger charge is -2.28. The van der Waals surface area contributed by atoms with Gasteiger partial charge >= 0.3 is 0 Å². The van der Waals surface area contributed by atoms with Crippen LogP contribution < -0.4 is 5.73 Å². The van der Waals surface area contributed by atoms with Crippen LogP contribution in [0.2, 0.25) is 0 Å². The van der Waals surface area contributed by atoms with E-state index in [0.717, 1.165) is 25.7 Å². The van der Waals surface area contributed by atoms with Crippen molar-refractivity contribution in [2.24, 2.45) is 5.73 Å². The zero-order valence-electron chi connectivity index (χ0n) is 19.6. The quantitative estimate of drug-likeness (QED) is 0.237. The van der Waals surface area contributed by atoms with Gasteiger partial charge < -0.3 is 20.8 Å². The van der Waals surface area contributed by atoms with Crippen LogP contribution in [-0.2, 0) is 9.59 Å². The molecule has 0 saturated carbocycles. The van der Waals surface area contributed by atoms with Crippen LogP contribution in [0.1, 0.15) is 117 Å². The van der Waals surface area contributed by atoms with Crippen LogP contribution in [0.25, 0.3) is 0 Å². The van der Waals surface area contributed by atoms with Crippen molar-refractivity contribution in [3.63, 3.8) is 0 Å². The molecular formula is C24H48N2O4. The topological polar surface area (TPSA) is 104 Å². The Morgan fingerprint density at radius 3 is 1.50 bits per heavy atom. The zero-order chi connectivity index (χ0) is 22.6. The lowest BCUT2D eigenvalue weighted by Crippen LogP contribution is -2.42. The van der Waals surface area contributed by atoms with E-state index in [1.54, 1.807) is 0 Å². The maximum Gasteiger partial charge on any atom is 0.223 e. The van der Waals surface area contributed by atoms with E-state index in [0.29, 0.717) is 12.8 Å². The third-order valence-corrected chi connectivity index (χ3v) is 5.58. The first-order chi connectivity index (χ1) is 14.4. The van der Waals surface area contributed by atoms with Crippen LogP contribution in [0.3, 0.4) is 0 Å². The number of rotatable bonds is 21. The molecular weight excluding hydrogens is 380 g/mol. The van der Waals surface area contributed by atoms with Crippen molar-refractivity contribution >= 4 is 11.8 Å². The van der Waals surface area contributed by atoms with Crippen LogP contribution in [0.5, 0.6) is 0 Å². The highest BCUT2D eigenvalue weighted by Crippen LogP contribution is 2.13. The molecule has 0 aromatic carbocycles. The van der Waals surface area contributed by atoms with E-state index in [-0.39, 0.29) is 31.8 Å². The molecule has 178 valence electrons. The summed E-state index contributed by atoms with van der Waals surface area (Å²) in [6.45, 7) is 4.79. The Balaban J connectivity index is 4.38. The molecule has 6 heteroatoms. The van der Waals surface area contributed by atoms with Gasteiger partial charge in [0.1, 0.15) is 0 Å². The minimum absolute atomic E-state index is 0.00359. The van der Waals surface area contributed by atoms with E-state index in [2.05, 4.69) is 13.8 Å². The summed E-state index contributed by atoms with van der Waals surface area (Å²) in [5.41, 5.74) is 5.17.